The molecule has 4 atom stereocenters. The molecule has 2 N–H and O–H groups in total. The van der Waals surface area contributed by atoms with Gasteiger partial charge in [-0.05, 0) is 38.0 Å². The second-order valence-electron chi connectivity index (χ2n) is 6.49. The van der Waals surface area contributed by atoms with Gasteiger partial charge >= 0.3 is 0 Å². The second kappa shape index (κ2) is 6.34. The van der Waals surface area contributed by atoms with Gasteiger partial charge in [-0.15, -0.1) is 24.8 Å². The fourth-order valence-electron chi connectivity index (χ4n) is 4.36. The molecule has 2 saturated carbocycles. The van der Waals surface area contributed by atoms with Gasteiger partial charge in [0, 0.05) is 12.6 Å². The first-order valence-corrected chi connectivity index (χ1v) is 7.58. The molecule has 1 aromatic rings. The van der Waals surface area contributed by atoms with Crippen LogP contribution in [0.3, 0.4) is 0 Å². The summed E-state index contributed by atoms with van der Waals surface area (Å²) in [6.07, 6.45) is 3.54. The summed E-state index contributed by atoms with van der Waals surface area (Å²) >= 11 is 0. The summed E-state index contributed by atoms with van der Waals surface area (Å²) in [7, 11) is 0. The highest BCUT2D eigenvalue weighted by Gasteiger charge is 2.50. The summed E-state index contributed by atoms with van der Waals surface area (Å²) < 4.78 is 1.92. The predicted octanol–water partition coefficient (Wildman–Crippen LogP) is 1.15. The highest BCUT2D eigenvalue weighted by molar-refractivity contribution is 5.85. The Morgan fingerprint density at radius 2 is 1.95 bits per heavy atom. The van der Waals surface area contributed by atoms with Crippen molar-refractivity contribution in [3.63, 3.8) is 0 Å². The van der Waals surface area contributed by atoms with E-state index in [0.717, 1.165) is 31.2 Å². The third-order valence-electron chi connectivity index (χ3n) is 5.35. The van der Waals surface area contributed by atoms with E-state index in [0.29, 0.717) is 18.4 Å². The Labute approximate surface area is 142 Å². The fraction of sp³-hybridized carbons (Fsp3) is 0.786. The number of rotatable bonds is 1. The number of hydrogen-bond acceptors (Lipinski definition) is 4. The zero-order valence-corrected chi connectivity index (χ0v) is 14.3. The molecule has 4 unspecified atom stereocenters. The van der Waals surface area contributed by atoms with Crippen LogP contribution in [0.15, 0.2) is 0 Å². The van der Waals surface area contributed by atoms with E-state index in [4.69, 9.17) is 5.73 Å². The Morgan fingerprint density at radius 3 is 2.64 bits per heavy atom. The van der Waals surface area contributed by atoms with Gasteiger partial charge in [0.15, 0.2) is 0 Å². The summed E-state index contributed by atoms with van der Waals surface area (Å²) in [5.74, 6) is 3.07. The number of hydrogen-bond donors (Lipinski definition) is 1. The molecular formula is C14H23Cl2N5O. The summed E-state index contributed by atoms with van der Waals surface area (Å²) in [4.78, 5) is 19.1. The topological polar surface area (TPSA) is 77.0 Å². The average Bonchev–Trinajstić information content (AvgIpc) is 3.09. The molecule has 1 amide bonds. The molecule has 0 radical (unpaired) electrons. The number of amides is 1. The molecule has 2 fully saturated rings. The van der Waals surface area contributed by atoms with Crippen molar-refractivity contribution in [2.45, 2.75) is 45.3 Å². The molecule has 124 valence electrons. The van der Waals surface area contributed by atoms with E-state index in [-0.39, 0.29) is 42.7 Å². The van der Waals surface area contributed by atoms with Gasteiger partial charge in [-0.1, -0.05) is 0 Å². The van der Waals surface area contributed by atoms with Gasteiger partial charge in [0.1, 0.15) is 11.6 Å². The van der Waals surface area contributed by atoms with Crippen LogP contribution in [0.5, 0.6) is 0 Å². The smallest absolute Gasteiger partial charge is 0.228 e. The lowest BCUT2D eigenvalue weighted by molar-refractivity contribution is -0.139. The summed E-state index contributed by atoms with van der Waals surface area (Å²) in [5, 5.41) is 4.34. The van der Waals surface area contributed by atoms with E-state index < -0.39 is 0 Å². The van der Waals surface area contributed by atoms with Crippen LogP contribution in [0.2, 0.25) is 0 Å². The molecule has 0 spiro atoms. The molecule has 22 heavy (non-hydrogen) atoms. The lowest BCUT2D eigenvalue weighted by Gasteiger charge is -2.34. The Bertz CT molecular complexity index is 561. The Balaban J connectivity index is 0.000000882. The standard InChI is InChI=1S/C14H21N5O.2ClH/c1-8-16-11-7-18(4-5-19(11)17-8)14(20)12-9-2-3-10(6-9)13(12)15;;/h9-10,12-13H,2-7,15H2,1H3;2*1H. The Kier molecular flexibility index (Phi) is 5.04. The molecule has 1 aromatic heterocycles. The van der Waals surface area contributed by atoms with Crippen LogP contribution in [-0.2, 0) is 17.9 Å². The van der Waals surface area contributed by atoms with Gasteiger partial charge in [-0.2, -0.15) is 5.10 Å². The number of nitrogens with zero attached hydrogens (tertiary/aromatic N) is 4. The molecule has 2 bridgehead atoms. The molecule has 4 rings (SSSR count). The highest BCUT2D eigenvalue weighted by Crippen LogP contribution is 2.48. The van der Waals surface area contributed by atoms with Crippen molar-refractivity contribution in [2.24, 2.45) is 23.5 Å². The molecule has 6 nitrogen and oxygen atoms in total. The van der Waals surface area contributed by atoms with E-state index in [9.17, 15) is 4.79 Å². The zero-order valence-electron chi connectivity index (χ0n) is 12.6. The van der Waals surface area contributed by atoms with Crippen molar-refractivity contribution in [3.8, 4) is 0 Å². The number of fused-ring (bicyclic) bond motifs is 3. The van der Waals surface area contributed by atoms with Gasteiger partial charge in [0.2, 0.25) is 5.91 Å². The largest absolute Gasteiger partial charge is 0.333 e. The summed E-state index contributed by atoms with van der Waals surface area (Å²) in [6.45, 7) is 3.96. The monoisotopic (exact) mass is 347 g/mol. The van der Waals surface area contributed by atoms with Gasteiger partial charge < -0.3 is 10.6 Å². The number of aryl methyl sites for hydroxylation is 1. The first kappa shape index (κ1) is 17.5. The maximum Gasteiger partial charge on any atom is 0.228 e. The SMILES string of the molecule is Cc1nc2n(n1)CCN(C(=O)C1C3CCC(C3)C1N)C2.Cl.Cl. The first-order valence-electron chi connectivity index (χ1n) is 7.58. The van der Waals surface area contributed by atoms with E-state index in [1.165, 1.54) is 12.8 Å². The third-order valence-corrected chi connectivity index (χ3v) is 5.35. The van der Waals surface area contributed by atoms with Gasteiger partial charge in [0.05, 0.1) is 19.0 Å². The Morgan fingerprint density at radius 1 is 1.23 bits per heavy atom. The number of nitrogens with two attached hydrogens (primary N) is 1. The minimum absolute atomic E-state index is 0. The van der Waals surface area contributed by atoms with E-state index in [2.05, 4.69) is 10.1 Å². The minimum Gasteiger partial charge on any atom is -0.333 e. The molecule has 3 aliphatic rings. The highest BCUT2D eigenvalue weighted by atomic mass is 35.5. The Hall–Kier alpha value is -0.850. The lowest BCUT2D eigenvalue weighted by atomic mass is 9.84. The normalized spacial score (nSPS) is 32.2. The lowest BCUT2D eigenvalue weighted by Crippen LogP contribution is -2.49. The molecule has 8 heteroatoms. The molecule has 0 saturated heterocycles. The first-order chi connectivity index (χ1) is 9.63. The van der Waals surface area contributed by atoms with Crippen molar-refractivity contribution < 1.29 is 4.79 Å². The minimum atomic E-state index is 0. The van der Waals surface area contributed by atoms with Crippen LogP contribution < -0.4 is 5.73 Å². The predicted molar refractivity (Wildman–Crippen MR) is 87.0 cm³/mol. The number of halogens is 2. The third kappa shape index (κ3) is 2.61. The molecule has 1 aliphatic heterocycles. The molecule has 0 aromatic carbocycles. The van der Waals surface area contributed by atoms with Crippen LogP contribution >= 0.6 is 24.8 Å². The number of aromatic nitrogens is 3. The van der Waals surface area contributed by atoms with Gasteiger partial charge in [-0.25, -0.2) is 9.67 Å². The number of carbonyl (C=O) groups is 1. The zero-order chi connectivity index (χ0) is 13.9. The van der Waals surface area contributed by atoms with Crippen LogP contribution in [0, 0.1) is 24.7 Å². The summed E-state index contributed by atoms with van der Waals surface area (Å²) in [6, 6.07) is 0.0720. The van der Waals surface area contributed by atoms with E-state index in [1.807, 2.05) is 16.5 Å². The van der Waals surface area contributed by atoms with Crippen LogP contribution in [-0.4, -0.2) is 38.2 Å². The van der Waals surface area contributed by atoms with Crippen molar-refractivity contribution in [2.75, 3.05) is 6.54 Å². The maximum atomic E-state index is 12.8. The van der Waals surface area contributed by atoms with Crippen molar-refractivity contribution in [1.29, 1.82) is 0 Å². The number of carbonyl (C=O) groups excluding carboxylic acids is 1. The van der Waals surface area contributed by atoms with Crippen molar-refractivity contribution in [3.05, 3.63) is 11.6 Å². The summed E-state index contributed by atoms with van der Waals surface area (Å²) in [5.41, 5.74) is 6.29. The van der Waals surface area contributed by atoms with Crippen LogP contribution in [0.1, 0.15) is 30.9 Å². The van der Waals surface area contributed by atoms with Crippen molar-refractivity contribution >= 4 is 30.7 Å². The molecular weight excluding hydrogens is 325 g/mol. The van der Waals surface area contributed by atoms with Gasteiger partial charge in [-0.3, -0.25) is 4.79 Å². The van der Waals surface area contributed by atoms with Crippen LogP contribution in [0.4, 0.5) is 0 Å². The molecule has 2 heterocycles. The van der Waals surface area contributed by atoms with Crippen LogP contribution in [0.25, 0.3) is 0 Å². The fourth-order valence-corrected chi connectivity index (χ4v) is 4.36. The second-order valence-corrected chi connectivity index (χ2v) is 6.49. The molecule has 2 aliphatic carbocycles. The van der Waals surface area contributed by atoms with E-state index >= 15 is 0 Å². The quantitative estimate of drug-likeness (QED) is 0.826. The van der Waals surface area contributed by atoms with E-state index in [1.54, 1.807) is 0 Å². The average molecular weight is 348 g/mol. The van der Waals surface area contributed by atoms with Crippen molar-refractivity contribution in [1.82, 2.24) is 19.7 Å². The van der Waals surface area contributed by atoms with Gasteiger partial charge in [0.25, 0.3) is 0 Å². The maximum absolute atomic E-state index is 12.8.